The van der Waals surface area contributed by atoms with Crippen LogP contribution in [0, 0.1) is 5.41 Å². The van der Waals surface area contributed by atoms with Gasteiger partial charge in [-0.2, -0.15) is 0 Å². The Bertz CT molecular complexity index is 620. The van der Waals surface area contributed by atoms with Crippen LogP contribution in [0.25, 0.3) is 0 Å². The Morgan fingerprint density at radius 2 is 1.35 bits per heavy atom. The van der Waals surface area contributed by atoms with Crippen molar-refractivity contribution >= 4 is 23.6 Å². The van der Waals surface area contributed by atoms with Gasteiger partial charge in [0.15, 0.2) is 0 Å². The van der Waals surface area contributed by atoms with E-state index >= 15 is 0 Å². The second-order valence-electron chi connectivity index (χ2n) is 6.49. The lowest BCUT2D eigenvalue weighted by Gasteiger charge is -2.27. The summed E-state index contributed by atoms with van der Waals surface area (Å²) in [5.74, 6) is -1.18. The van der Waals surface area contributed by atoms with Crippen LogP contribution in [0.1, 0.15) is 27.2 Å². The van der Waals surface area contributed by atoms with Crippen LogP contribution in [0.15, 0.2) is 36.0 Å². The quantitative estimate of drug-likeness (QED) is 0.545. The first-order chi connectivity index (χ1) is 10.7. The summed E-state index contributed by atoms with van der Waals surface area (Å²) >= 11 is 0. The molecule has 23 heavy (non-hydrogen) atoms. The monoisotopic (exact) mass is 316 g/mol. The molecule has 2 heterocycles. The smallest absolute Gasteiger partial charge is 0.253 e. The number of hydrogen-bond donors (Lipinski definition) is 0. The molecule has 6 nitrogen and oxygen atoms in total. The van der Waals surface area contributed by atoms with E-state index in [2.05, 4.69) is 0 Å². The molecule has 0 atom stereocenters. The van der Waals surface area contributed by atoms with E-state index in [9.17, 15) is 19.2 Å². The molecule has 122 valence electrons. The Morgan fingerprint density at radius 1 is 0.913 bits per heavy atom. The lowest BCUT2D eigenvalue weighted by molar-refractivity contribution is -0.139. The summed E-state index contributed by atoms with van der Waals surface area (Å²) in [4.78, 5) is 48.7. The molecule has 2 aliphatic heterocycles. The molecular weight excluding hydrogens is 296 g/mol. The van der Waals surface area contributed by atoms with Gasteiger partial charge in [-0.1, -0.05) is 25.5 Å². The van der Waals surface area contributed by atoms with Crippen LogP contribution in [-0.2, 0) is 19.2 Å². The molecular formula is C17H20N2O4. The second kappa shape index (κ2) is 6.32. The summed E-state index contributed by atoms with van der Waals surface area (Å²) in [6.45, 7) is 6.39. The summed E-state index contributed by atoms with van der Waals surface area (Å²) in [5.41, 5.74) is 0.605. The van der Waals surface area contributed by atoms with Gasteiger partial charge in [0.1, 0.15) is 0 Å². The van der Waals surface area contributed by atoms with Gasteiger partial charge in [-0.05, 0) is 13.3 Å². The molecule has 0 saturated heterocycles. The van der Waals surface area contributed by atoms with Crippen molar-refractivity contribution in [1.82, 2.24) is 9.80 Å². The standard InChI is InChI=1S/C17H20N2O4/c1-12(8-9-18-13(20)4-5-14(18)21)10-17(2,3)11-19-15(22)6-7-16(19)23/h4-7,10H,8-9,11H2,1-3H3. The molecule has 2 rings (SSSR count). The average Bonchev–Trinajstić information content (AvgIpc) is 2.93. The maximum atomic E-state index is 11.6. The lowest BCUT2D eigenvalue weighted by Crippen LogP contribution is -2.38. The number of hydrogen-bond acceptors (Lipinski definition) is 4. The van der Waals surface area contributed by atoms with E-state index in [0.717, 1.165) is 5.57 Å². The van der Waals surface area contributed by atoms with Crippen LogP contribution >= 0.6 is 0 Å². The van der Waals surface area contributed by atoms with Gasteiger partial charge in [0, 0.05) is 42.8 Å². The lowest BCUT2D eigenvalue weighted by atomic mass is 9.89. The van der Waals surface area contributed by atoms with Crippen molar-refractivity contribution in [3.8, 4) is 0 Å². The molecule has 0 N–H and O–H groups in total. The highest BCUT2D eigenvalue weighted by atomic mass is 16.2. The first kappa shape index (κ1) is 16.9. The largest absolute Gasteiger partial charge is 0.275 e. The number of amides is 4. The fourth-order valence-electron chi connectivity index (χ4n) is 2.72. The van der Waals surface area contributed by atoms with Crippen LogP contribution in [0.2, 0.25) is 0 Å². The number of carbonyl (C=O) groups is 4. The van der Waals surface area contributed by atoms with Gasteiger partial charge in [0.2, 0.25) is 0 Å². The highest BCUT2D eigenvalue weighted by molar-refractivity contribution is 6.13. The van der Waals surface area contributed by atoms with E-state index in [0.29, 0.717) is 13.0 Å². The Labute approximate surface area is 135 Å². The molecule has 6 heteroatoms. The number of carbonyl (C=O) groups excluding carboxylic acids is 4. The van der Waals surface area contributed by atoms with Crippen LogP contribution in [0.3, 0.4) is 0 Å². The molecule has 2 aliphatic rings. The zero-order valence-corrected chi connectivity index (χ0v) is 13.5. The van der Waals surface area contributed by atoms with Gasteiger partial charge in [0.05, 0.1) is 0 Å². The third-order valence-corrected chi connectivity index (χ3v) is 3.73. The van der Waals surface area contributed by atoms with Crippen molar-refractivity contribution in [3.05, 3.63) is 36.0 Å². The van der Waals surface area contributed by atoms with E-state index in [1.54, 1.807) is 0 Å². The molecule has 0 radical (unpaired) electrons. The zero-order valence-electron chi connectivity index (χ0n) is 13.5. The van der Waals surface area contributed by atoms with Gasteiger partial charge >= 0.3 is 0 Å². The highest BCUT2D eigenvalue weighted by Crippen LogP contribution is 2.24. The van der Waals surface area contributed by atoms with Gasteiger partial charge in [-0.3, -0.25) is 29.0 Å². The fraction of sp³-hybridized carbons (Fsp3) is 0.412. The first-order valence-electron chi connectivity index (χ1n) is 7.45. The summed E-state index contributed by atoms with van der Waals surface area (Å²) in [6, 6.07) is 0. The third-order valence-electron chi connectivity index (χ3n) is 3.73. The SMILES string of the molecule is CC(=CC(C)(C)CN1C(=O)C=CC1=O)CCN1C(=O)C=CC1=O. The third kappa shape index (κ3) is 4.03. The fourth-order valence-corrected chi connectivity index (χ4v) is 2.72. The Kier molecular flexibility index (Phi) is 4.63. The predicted octanol–water partition coefficient (Wildman–Crippen LogP) is 1.20. The van der Waals surface area contributed by atoms with Crippen molar-refractivity contribution in [1.29, 1.82) is 0 Å². The van der Waals surface area contributed by atoms with Crippen LogP contribution in [0.5, 0.6) is 0 Å². The van der Waals surface area contributed by atoms with Crippen LogP contribution in [-0.4, -0.2) is 46.5 Å². The number of nitrogens with zero attached hydrogens (tertiary/aromatic N) is 2. The zero-order chi connectivity index (χ0) is 17.2. The normalized spacial score (nSPS) is 18.8. The molecule has 0 aromatic carbocycles. The molecule has 0 aliphatic carbocycles. The molecule has 0 spiro atoms. The van der Waals surface area contributed by atoms with E-state index in [-0.39, 0.29) is 30.2 Å². The molecule has 4 amide bonds. The maximum Gasteiger partial charge on any atom is 0.253 e. The summed E-state index contributed by atoms with van der Waals surface area (Å²) in [5, 5.41) is 0. The van der Waals surface area contributed by atoms with Crippen molar-refractivity contribution < 1.29 is 19.2 Å². The molecule has 0 aromatic heterocycles. The molecule has 0 bridgehead atoms. The maximum absolute atomic E-state index is 11.6. The van der Waals surface area contributed by atoms with Crippen molar-refractivity contribution in [2.45, 2.75) is 27.2 Å². The molecule has 0 unspecified atom stereocenters. The molecule has 0 aromatic rings. The second-order valence-corrected chi connectivity index (χ2v) is 6.49. The Balaban J connectivity index is 1.93. The van der Waals surface area contributed by atoms with E-state index in [1.165, 1.54) is 34.1 Å². The van der Waals surface area contributed by atoms with Crippen LogP contribution < -0.4 is 0 Å². The van der Waals surface area contributed by atoms with Gasteiger partial charge < -0.3 is 0 Å². The summed E-state index contributed by atoms with van der Waals surface area (Å²) < 4.78 is 0. The van der Waals surface area contributed by atoms with Gasteiger partial charge in [-0.25, -0.2) is 0 Å². The summed E-state index contributed by atoms with van der Waals surface area (Å²) in [6.07, 6.45) is 7.61. The van der Waals surface area contributed by atoms with E-state index < -0.39 is 5.41 Å². The number of imide groups is 2. The predicted molar refractivity (Wildman–Crippen MR) is 83.9 cm³/mol. The van der Waals surface area contributed by atoms with Gasteiger partial charge in [0.25, 0.3) is 23.6 Å². The van der Waals surface area contributed by atoms with Gasteiger partial charge in [-0.15, -0.1) is 0 Å². The average molecular weight is 316 g/mol. The molecule has 0 saturated carbocycles. The highest BCUT2D eigenvalue weighted by Gasteiger charge is 2.29. The Morgan fingerprint density at radius 3 is 1.83 bits per heavy atom. The number of rotatable bonds is 6. The van der Waals surface area contributed by atoms with E-state index in [4.69, 9.17) is 0 Å². The van der Waals surface area contributed by atoms with E-state index in [1.807, 2.05) is 26.8 Å². The minimum Gasteiger partial charge on any atom is -0.275 e. The molecule has 0 fully saturated rings. The topological polar surface area (TPSA) is 74.8 Å². The van der Waals surface area contributed by atoms with Crippen molar-refractivity contribution in [2.75, 3.05) is 13.1 Å². The first-order valence-corrected chi connectivity index (χ1v) is 7.45. The van der Waals surface area contributed by atoms with Crippen LogP contribution in [0.4, 0.5) is 0 Å². The minimum absolute atomic E-state index is 0.290. The minimum atomic E-state index is -0.390. The van der Waals surface area contributed by atoms with Crippen molar-refractivity contribution in [3.63, 3.8) is 0 Å². The Hall–Kier alpha value is -2.50. The summed E-state index contributed by atoms with van der Waals surface area (Å²) in [7, 11) is 0. The van der Waals surface area contributed by atoms with Crippen molar-refractivity contribution in [2.24, 2.45) is 5.41 Å².